The summed E-state index contributed by atoms with van der Waals surface area (Å²) in [6.45, 7) is 0. The largest absolute Gasteiger partial charge is 0.593 e. The van der Waals surface area contributed by atoms with Crippen molar-refractivity contribution in [2.75, 3.05) is 0 Å². The van der Waals surface area contributed by atoms with Crippen LogP contribution in [0.25, 0.3) is 0 Å². The zero-order valence-electron chi connectivity index (χ0n) is 28.5. The first-order valence-corrected chi connectivity index (χ1v) is 16.2. The summed E-state index contributed by atoms with van der Waals surface area (Å²) in [6, 6.07) is 42.3. The monoisotopic (exact) mass is 786 g/mol. The molecule has 6 aromatic carbocycles. The van der Waals surface area contributed by atoms with Crippen molar-refractivity contribution in [3.8, 4) is 34.5 Å². The van der Waals surface area contributed by atoms with Crippen LogP contribution in [0.4, 0.5) is 0 Å². The minimum atomic E-state index is -0.671. The van der Waals surface area contributed by atoms with Crippen LogP contribution in [0.5, 0.6) is 34.5 Å². The smallest absolute Gasteiger partial charge is 0.262 e. The van der Waals surface area contributed by atoms with Crippen molar-refractivity contribution < 1.29 is 56.8 Å². The second-order valence-corrected chi connectivity index (χ2v) is 11.3. The van der Waals surface area contributed by atoms with Crippen LogP contribution in [-0.2, 0) is 26.2 Å². The third-order valence-electron chi connectivity index (χ3n) is 7.69. The van der Waals surface area contributed by atoms with Gasteiger partial charge in [0, 0.05) is 86.5 Å². The van der Waals surface area contributed by atoms with Gasteiger partial charge in [-0.1, -0.05) is 84.9 Å². The zero-order valence-corrected chi connectivity index (χ0v) is 31.0. The number of nitrogens with zero attached hydrogens (tertiary/aromatic N) is 4. The summed E-state index contributed by atoms with van der Waals surface area (Å²) in [5, 5.41) is 52.0. The summed E-state index contributed by atoms with van der Waals surface area (Å²) < 4.78 is 0. The molecule has 0 unspecified atom stereocenters. The number of hydrogen-bond donors (Lipinski definition) is 2. The Kier molecular flexibility index (Phi) is 14.8. The predicted molar refractivity (Wildman–Crippen MR) is 210 cm³/mol. The fourth-order valence-corrected chi connectivity index (χ4v) is 4.85. The molecule has 6 aromatic rings. The molecule has 0 aliphatic heterocycles. The van der Waals surface area contributed by atoms with Crippen molar-refractivity contribution in [3.05, 3.63) is 179 Å². The molecule has 0 fully saturated rings. The van der Waals surface area contributed by atoms with E-state index in [9.17, 15) is 10.2 Å². The van der Waals surface area contributed by atoms with E-state index in [1.165, 1.54) is 0 Å². The molecule has 0 saturated carbocycles. The van der Waals surface area contributed by atoms with Crippen molar-refractivity contribution in [2.24, 2.45) is 20.0 Å². The van der Waals surface area contributed by atoms with Crippen molar-refractivity contribution >= 4 is 24.9 Å². The number of benzene rings is 6. The van der Waals surface area contributed by atoms with Gasteiger partial charge < -0.3 is 30.6 Å². The number of phenols is 2. The molecule has 53 heavy (non-hydrogen) atoms. The molecule has 0 saturated heterocycles. The minimum absolute atomic E-state index is 0. The fraction of sp³-hybridized carbons (Fsp3) is 0.0476. The van der Waals surface area contributed by atoms with Crippen molar-refractivity contribution in [3.63, 3.8) is 0 Å². The summed E-state index contributed by atoms with van der Waals surface area (Å²) in [7, 11) is 0. The van der Waals surface area contributed by atoms with Crippen LogP contribution in [0.2, 0.25) is 0 Å². The first-order valence-electron chi connectivity index (χ1n) is 16.2. The van der Waals surface area contributed by atoms with E-state index in [0.717, 1.165) is 0 Å². The van der Waals surface area contributed by atoms with Crippen LogP contribution in [-0.4, -0.2) is 55.5 Å². The van der Waals surface area contributed by atoms with Gasteiger partial charge in [-0.05, 0) is 36.4 Å². The van der Waals surface area contributed by atoms with Gasteiger partial charge in [0.15, 0.2) is 12.3 Å². The van der Waals surface area contributed by atoms with Crippen LogP contribution < -0.4 is 0 Å². The molecule has 10 nitrogen and oxygen atoms in total. The Labute approximate surface area is 326 Å². The van der Waals surface area contributed by atoms with E-state index in [-0.39, 0.29) is 37.7 Å². The second kappa shape index (κ2) is 19.9. The van der Waals surface area contributed by atoms with Crippen molar-refractivity contribution in [1.82, 2.24) is 0 Å². The maximum absolute atomic E-state index is 10.2. The van der Waals surface area contributed by atoms with Crippen LogP contribution in [0.15, 0.2) is 166 Å². The van der Waals surface area contributed by atoms with E-state index < -0.39 is 12.3 Å². The van der Waals surface area contributed by atoms with Crippen molar-refractivity contribution in [1.29, 1.82) is 0 Å². The molecule has 264 valence electrons. The Hall–Kier alpha value is -6.32. The summed E-state index contributed by atoms with van der Waals surface area (Å²) >= 11 is 0. The molecule has 0 radical (unpaired) electrons. The van der Waals surface area contributed by atoms with E-state index >= 15 is 0 Å². The Morgan fingerprint density at radius 2 is 0.585 bits per heavy atom. The van der Waals surface area contributed by atoms with Crippen LogP contribution in [0.3, 0.4) is 0 Å². The number of para-hydroxylation sites is 6. The quantitative estimate of drug-likeness (QED) is 0.112. The molecular formula is C42H40N4O6Zr+4. The average molecular weight is 788 g/mol. The Balaban J connectivity index is 0.000000232. The van der Waals surface area contributed by atoms with Gasteiger partial charge in [-0.3, -0.25) is 20.0 Å². The number of phenolic OH excluding ortho intramolecular Hbond substituents is 2. The van der Waals surface area contributed by atoms with Gasteiger partial charge in [0.25, 0.3) is 23.0 Å². The molecule has 0 atom stereocenters. The molecule has 6 rings (SSSR count). The maximum Gasteiger partial charge on any atom is 0.262 e. The van der Waals surface area contributed by atoms with Gasteiger partial charge in [0.1, 0.15) is 11.5 Å². The first kappa shape index (κ1) is 39.5. The zero-order chi connectivity index (χ0) is 36.7. The number of hydrogen-bond acceptors (Lipinski definition) is 6. The Morgan fingerprint density at radius 3 is 0.830 bits per heavy atom. The number of aromatic hydroxyl groups is 2. The third-order valence-corrected chi connectivity index (χ3v) is 7.69. The summed E-state index contributed by atoms with van der Waals surface area (Å²) in [5.41, 5.74) is 3.80. The molecule has 0 amide bonds. The predicted octanol–water partition coefficient (Wildman–Crippen LogP) is 7.01. The van der Waals surface area contributed by atoms with Gasteiger partial charge in [0.05, 0.1) is 22.3 Å². The van der Waals surface area contributed by atoms with Gasteiger partial charge >= 0.3 is 0 Å². The topological polar surface area (TPSA) is 182 Å². The summed E-state index contributed by atoms with van der Waals surface area (Å²) in [4.78, 5) is 17.9. The molecule has 0 aromatic heterocycles. The molecule has 11 heteroatoms. The molecule has 0 heterocycles. The summed E-state index contributed by atoms with van der Waals surface area (Å²) in [6.07, 6.45) is 5.00. The van der Waals surface area contributed by atoms with Gasteiger partial charge in [-0.15, -0.1) is 0 Å². The van der Waals surface area contributed by atoms with Gasteiger partial charge in [0.2, 0.25) is 0 Å². The van der Waals surface area contributed by atoms with E-state index in [1.807, 2.05) is 36.4 Å². The maximum atomic E-state index is 10.2. The normalized spacial score (nSPS) is 11.4. The molecule has 0 bridgehead atoms. The molecule has 0 aliphatic rings. The van der Waals surface area contributed by atoms with E-state index in [1.54, 1.807) is 134 Å². The Bertz CT molecular complexity index is 1960. The van der Waals surface area contributed by atoms with Gasteiger partial charge in [-0.25, -0.2) is 0 Å². The minimum Gasteiger partial charge on any atom is -0.593 e. The van der Waals surface area contributed by atoms with Crippen LogP contribution >= 0.6 is 0 Å². The third kappa shape index (κ3) is 11.3. The molecule has 10 N–H and O–H groups in total. The van der Waals surface area contributed by atoms with Crippen LogP contribution in [0.1, 0.15) is 45.7 Å². The molecule has 0 aliphatic carbocycles. The standard InChI is InChI=1S/2C21H18N2O3.Zr/c2*24-18-10-4-1-7-15(18)13-22-21(17-9-3-6-12-20(17)26)23-14-16-8-2-5-11-19(16)25;/h2*1-14,21,24-26H;/p+4/b2*22-13+,23-14+;. The number of aliphatic imine (C=N–C) groups is 4. The van der Waals surface area contributed by atoms with Gasteiger partial charge in [-0.2, -0.15) is 0 Å². The molecule has 0 spiro atoms. The second-order valence-electron chi connectivity index (χ2n) is 11.3. The van der Waals surface area contributed by atoms with E-state index in [2.05, 4.69) is 20.0 Å². The fourth-order valence-electron chi connectivity index (χ4n) is 4.85. The Morgan fingerprint density at radius 1 is 0.358 bits per heavy atom. The number of rotatable bonds is 10. The van der Waals surface area contributed by atoms with Crippen molar-refractivity contribution in [2.45, 2.75) is 12.3 Å². The molecular weight excluding hydrogens is 748 g/mol. The van der Waals surface area contributed by atoms with Crippen LogP contribution in [0, 0.1) is 0 Å². The van der Waals surface area contributed by atoms with E-state index in [0.29, 0.717) is 56.4 Å². The first-order chi connectivity index (χ1) is 25.3. The average Bonchev–Trinajstić information content (AvgIpc) is 3.15. The SMILES string of the molecule is Oc1ccccc1C(/N=C/c1ccccc1[OH2+])/N=C/c1ccccc1[OH2+].Oc1ccccc1C(/N=C/c1ccccc1[OH2+])/N=C/c1ccccc1[OH2+].[Zr]. The summed E-state index contributed by atoms with van der Waals surface area (Å²) in [5.74, 6) is 1.68. The van der Waals surface area contributed by atoms with E-state index in [4.69, 9.17) is 20.4 Å².